The van der Waals surface area contributed by atoms with Crippen LogP contribution in [0.2, 0.25) is 0 Å². The zero-order valence-electron chi connectivity index (χ0n) is 12.0. The Labute approximate surface area is 128 Å². The van der Waals surface area contributed by atoms with Crippen molar-refractivity contribution in [2.45, 2.75) is 25.7 Å². The Morgan fingerprint density at radius 1 is 1.33 bits per heavy atom. The number of nitrogens with one attached hydrogen (secondary N) is 1. The minimum Gasteiger partial charge on any atom is -0.399 e. The Hall–Kier alpha value is -1.82. The van der Waals surface area contributed by atoms with Crippen molar-refractivity contribution in [1.29, 1.82) is 0 Å². The molecular weight excluding hydrogens is 284 g/mol. The summed E-state index contributed by atoms with van der Waals surface area (Å²) in [6, 6.07) is 5.70. The standard InChI is InChI=1S/C15H20N4OS/c16-11-4-5-12-13(10-11)21-15(18-12)17-7-6-14(20)19-8-2-1-3-9-19/h4-5,10H,1-3,6-9,16H2,(H,17,18). The van der Waals surface area contributed by atoms with E-state index in [2.05, 4.69) is 10.3 Å². The fourth-order valence-corrected chi connectivity index (χ4v) is 3.53. The SMILES string of the molecule is Nc1ccc2nc(NCCC(=O)N3CCCCC3)sc2c1. The molecule has 3 N–H and O–H groups in total. The lowest BCUT2D eigenvalue weighted by Crippen LogP contribution is -2.36. The number of likely N-dealkylation sites (tertiary alicyclic amines) is 1. The van der Waals surface area contributed by atoms with E-state index in [0.717, 1.165) is 47.0 Å². The van der Waals surface area contributed by atoms with Crippen molar-refractivity contribution in [2.24, 2.45) is 0 Å². The number of thiazole rings is 1. The van der Waals surface area contributed by atoms with Crippen LogP contribution in [0.1, 0.15) is 25.7 Å². The van der Waals surface area contributed by atoms with Gasteiger partial charge >= 0.3 is 0 Å². The van der Waals surface area contributed by atoms with E-state index in [1.165, 1.54) is 6.42 Å². The van der Waals surface area contributed by atoms with Gasteiger partial charge in [-0.1, -0.05) is 11.3 Å². The molecule has 0 saturated carbocycles. The van der Waals surface area contributed by atoms with Crippen molar-refractivity contribution in [3.05, 3.63) is 18.2 Å². The first kappa shape index (κ1) is 14.1. The number of fused-ring (bicyclic) bond motifs is 1. The highest BCUT2D eigenvalue weighted by atomic mass is 32.1. The third kappa shape index (κ3) is 3.44. The van der Waals surface area contributed by atoms with Gasteiger partial charge in [-0.2, -0.15) is 0 Å². The van der Waals surface area contributed by atoms with Crippen molar-refractivity contribution in [3.8, 4) is 0 Å². The van der Waals surface area contributed by atoms with Gasteiger partial charge in [0.2, 0.25) is 5.91 Å². The van der Waals surface area contributed by atoms with Crippen LogP contribution in [-0.2, 0) is 4.79 Å². The minimum atomic E-state index is 0.243. The summed E-state index contributed by atoms with van der Waals surface area (Å²) in [4.78, 5) is 18.5. The summed E-state index contributed by atoms with van der Waals surface area (Å²) in [6.07, 6.45) is 4.05. The first-order valence-electron chi connectivity index (χ1n) is 7.40. The Morgan fingerprint density at radius 2 is 2.14 bits per heavy atom. The second-order valence-corrected chi connectivity index (χ2v) is 6.40. The number of piperidine rings is 1. The zero-order valence-corrected chi connectivity index (χ0v) is 12.8. The molecule has 1 aromatic heterocycles. The van der Waals surface area contributed by atoms with Crippen LogP contribution in [0.15, 0.2) is 18.2 Å². The summed E-state index contributed by atoms with van der Waals surface area (Å²) in [7, 11) is 0. The molecule has 112 valence electrons. The van der Waals surface area contributed by atoms with Crippen LogP contribution in [0.4, 0.5) is 10.8 Å². The molecule has 1 aliphatic heterocycles. The monoisotopic (exact) mass is 304 g/mol. The number of carbonyl (C=O) groups is 1. The lowest BCUT2D eigenvalue weighted by atomic mass is 10.1. The van der Waals surface area contributed by atoms with Crippen molar-refractivity contribution in [3.63, 3.8) is 0 Å². The lowest BCUT2D eigenvalue weighted by molar-refractivity contribution is -0.131. The second kappa shape index (κ2) is 6.30. The number of rotatable bonds is 4. The fourth-order valence-electron chi connectivity index (χ4n) is 2.59. The number of hydrogen-bond donors (Lipinski definition) is 2. The van der Waals surface area contributed by atoms with E-state index in [9.17, 15) is 4.79 Å². The van der Waals surface area contributed by atoms with Gasteiger partial charge in [0.05, 0.1) is 10.2 Å². The van der Waals surface area contributed by atoms with Gasteiger partial charge in [-0.05, 0) is 37.5 Å². The quantitative estimate of drug-likeness (QED) is 0.852. The number of nitrogens with zero attached hydrogens (tertiary/aromatic N) is 2. The van der Waals surface area contributed by atoms with Crippen molar-refractivity contribution < 1.29 is 4.79 Å². The van der Waals surface area contributed by atoms with Crippen LogP contribution in [0.25, 0.3) is 10.2 Å². The molecule has 1 aromatic carbocycles. The molecule has 1 saturated heterocycles. The minimum absolute atomic E-state index is 0.243. The second-order valence-electron chi connectivity index (χ2n) is 5.36. The van der Waals surface area contributed by atoms with Crippen LogP contribution in [0.5, 0.6) is 0 Å². The molecule has 1 fully saturated rings. The third-order valence-corrected chi connectivity index (χ3v) is 4.71. The average molecular weight is 304 g/mol. The van der Waals surface area contributed by atoms with Gasteiger partial charge in [0.25, 0.3) is 0 Å². The summed E-state index contributed by atoms with van der Waals surface area (Å²) in [5.74, 6) is 0.243. The number of aromatic nitrogens is 1. The number of hydrogen-bond acceptors (Lipinski definition) is 5. The Bertz CT molecular complexity index is 634. The first-order valence-corrected chi connectivity index (χ1v) is 8.22. The predicted octanol–water partition coefficient (Wildman–Crippen LogP) is 2.69. The topological polar surface area (TPSA) is 71.2 Å². The largest absolute Gasteiger partial charge is 0.399 e. The molecule has 0 atom stereocenters. The molecule has 0 spiro atoms. The van der Waals surface area contributed by atoms with Crippen molar-refractivity contribution >= 4 is 38.3 Å². The Kier molecular flexibility index (Phi) is 4.24. The van der Waals surface area contributed by atoms with E-state index in [1.807, 2.05) is 23.1 Å². The summed E-state index contributed by atoms with van der Waals surface area (Å²) < 4.78 is 1.07. The molecule has 0 radical (unpaired) electrons. The molecular formula is C15H20N4OS. The van der Waals surface area contributed by atoms with E-state index in [-0.39, 0.29) is 5.91 Å². The predicted molar refractivity (Wildman–Crippen MR) is 87.6 cm³/mol. The maximum absolute atomic E-state index is 12.1. The van der Waals surface area contributed by atoms with Crippen molar-refractivity contribution in [1.82, 2.24) is 9.88 Å². The molecule has 6 heteroatoms. The lowest BCUT2D eigenvalue weighted by Gasteiger charge is -2.26. The van der Waals surface area contributed by atoms with Gasteiger partial charge in [-0.25, -0.2) is 4.98 Å². The summed E-state index contributed by atoms with van der Waals surface area (Å²) >= 11 is 1.57. The summed E-state index contributed by atoms with van der Waals surface area (Å²) in [5.41, 5.74) is 7.46. The van der Waals surface area contributed by atoms with Crippen LogP contribution in [-0.4, -0.2) is 35.4 Å². The van der Waals surface area contributed by atoms with Gasteiger partial charge in [-0.3, -0.25) is 4.79 Å². The molecule has 5 nitrogen and oxygen atoms in total. The highest BCUT2D eigenvalue weighted by Crippen LogP contribution is 2.27. The van der Waals surface area contributed by atoms with Gasteiger partial charge in [0.1, 0.15) is 0 Å². The summed E-state index contributed by atoms with van der Waals surface area (Å²) in [6.45, 7) is 2.46. The third-order valence-electron chi connectivity index (χ3n) is 3.74. The normalized spacial score (nSPS) is 15.3. The summed E-state index contributed by atoms with van der Waals surface area (Å²) in [5, 5.41) is 4.09. The molecule has 0 bridgehead atoms. The number of nitrogen functional groups attached to an aromatic ring is 1. The average Bonchev–Trinajstić information content (AvgIpc) is 2.89. The molecule has 3 rings (SSSR count). The maximum Gasteiger partial charge on any atom is 0.224 e. The van der Waals surface area contributed by atoms with E-state index in [1.54, 1.807) is 11.3 Å². The number of anilines is 2. The highest BCUT2D eigenvalue weighted by molar-refractivity contribution is 7.22. The molecule has 1 aliphatic rings. The fraction of sp³-hybridized carbons (Fsp3) is 0.467. The number of nitrogens with two attached hydrogens (primary N) is 1. The van der Waals surface area contributed by atoms with Gasteiger partial charge in [-0.15, -0.1) is 0 Å². The maximum atomic E-state index is 12.1. The zero-order chi connectivity index (χ0) is 14.7. The van der Waals surface area contributed by atoms with Crippen molar-refractivity contribution in [2.75, 3.05) is 30.7 Å². The molecule has 0 aliphatic carbocycles. The van der Waals surface area contributed by atoms with Crippen LogP contribution < -0.4 is 11.1 Å². The first-order chi connectivity index (χ1) is 10.2. The highest BCUT2D eigenvalue weighted by Gasteiger charge is 2.15. The van der Waals surface area contributed by atoms with E-state index >= 15 is 0 Å². The molecule has 2 heterocycles. The van der Waals surface area contributed by atoms with Gasteiger partial charge in [0, 0.05) is 31.7 Å². The number of benzene rings is 1. The number of carbonyl (C=O) groups excluding carboxylic acids is 1. The van der Waals surface area contributed by atoms with Gasteiger partial charge in [0.15, 0.2) is 5.13 Å². The van der Waals surface area contributed by atoms with E-state index in [4.69, 9.17) is 5.73 Å². The molecule has 1 amide bonds. The Morgan fingerprint density at radius 3 is 2.95 bits per heavy atom. The molecule has 0 unspecified atom stereocenters. The van der Waals surface area contributed by atoms with Gasteiger partial charge < -0.3 is 16.0 Å². The molecule has 21 heavy (non-hydrogen) atoms. The van der Waals surface area contributed by atoms with Crippen LogP contribution in [0.3, 0.4) is 0 Å². The van der Waals surface area contributed by atoms with Crippen LogP contribution in [0, 0.1) is 0 Å². The van der Waals surface area contributed by atoms with Crippen LogP contribution >= 0.6 is 11.3 Å². The molecule has 2 aromatic rings. The smallest absolute Gasteiger partial charge is 0.224 e. The number of amides is 1. The Balaban J connectivity index is 1.53. The van der Waals surface area contributed by atoms with E-state index in [0.29, 0.717) is 13.0 Å². The van der Waals surface area contributed by atoms with E-state index < -0.39 is 0 Å².